The molecule has 1 amide bonds. The molecule has 3 nitrogen and oxygen atoms in total. The van der Waals surface area contributed by atoms with Crippen LogP contribution in [0.2, 0.25) is 0 Å². The van der Waals surface area contributed by atoms with E-state index in [0.29, 0.717) is 5.41 Å². The van der Waals surface area contributed by atoms with Gasteiger partial charge in [0, 0.05) is 12.1 Å². The molecule has 4 aliphatic carbocycles. The summed E-state index contributed by atoms with van der Waals surface area (Å²) in [7, 11) is 0. The molecule has 1 aromatic carbocycles. The topological polar surface area (TPSA) is 38.3 Å². The van der Waals surface area contributed by atoms with E-state index < -0.39 is 0 Å². The van der Waals surface area contributed by atoms with Crippen LogP contribution in [-0.4, -0.2) is 18.1 Å². The summed E-state index contributed by atoms with van der Waals surface area (Å²) in [5.41, 5.74) is 1.37. The SMILES string of the molecule is CC(C)Oc1ccc(/C=C/C(=O)N[C@@H](C)C23CC4CC(CC(C4)C2)C3)cc1. The van der Waals surface area contributed by atoms with Crippen molar-refractivity contribution >= 4 is 12.0 Å². The van der Waals surface area contributed by atoms with Crippen LogP contribution < -0.4 is 10.1 Å². The van der Waals surface area contributed by atoms with Gasteiger partial charge in [-0.2, -0.15) is 0 Å². The summed E-state index contributed by atoms with van der Waals surface area (Å²) in [6.45, 7) is 6.27. The minimum absolute atomic E-state index is 0.0285. The molecule has 1 N–H and O–H groups in total. The van der Waals surface area contributed by atoms with Gasteiger partial charge in [0.1, 0.15) is 5.75 Å². The van der Waals surface area contributed by atoms with E-state index in [4.69, 9.17) is 4.74 Å². The van der Waals surface area contributed by atoms with Crippen molar-refractivity contribution in [1.82, 2.24) is 5.32 Å². The lowest BCUT2D eigenvalue weighted by atomic mass is 9.48. The third kappa shape index (κ3) is 4.07. The molecule has 0 aromatic heterocycles. The minimum Gasteiger partial charge on any atom is -0.491 e. The molecule has 0 aliphatic heterocycles. The van der Waals surface area contributed by atoms with Crippen molar-refractivity contribution in [2.24, 2.45) is 23.2 Å². The summed E-state index contributed by atoms with van der Waals surface area (Å²) in [6, 6.07) is 8.16. The Kier molecular flexibility index (Phi) is 5.05. The molecule has 4 saturated carbocycles. The molecular weight excluding hydrogens is 334 g/mol. The third-order valence-electron chi connectivity index (χ3n) is 7.04. The summed E-state index contributed by atoms with van der Waals surface area (Å²) >= 11 is 0. The van der Waals surface area contributed by atoms with Crippen LogP contribution in [0.3, 0.4) is 0 Å². The number of hydrogen-bond acceptors (Lipinski definition) is 2. The largest absolute Gasteiger partial charge is 0.491 e. The van der Waals surface area contributed by atoms with E-state index in [9.17, 15) is 4.79 Å². The Bertz CT molecular complexity index is 668. The van der Waals surface area contributed by atoms with Gasteiger partial charge >= 0.3 is 0 Å². The number of carbonyl (C=O) groups is 1. The molecule has 4 fully saturated rings. The lowest BCUT2D eigenvalue weighted by molar-refractivity contribution is -0.121. The highest BCUT2D eigenvalue weighted by Crippen LogP contribution is 2.61. The Morgan fingerprint density at radius 1 is 1.04 bits per heavy atom. The van der Waals surface area contributed by atoms with Gasteiger partial charge in [-0.25, -0.2) is 0 Å². The maximum Gasteiger partial charge on any atom is 0.244 e. The van der Waals surface area contributed by atoms with Crippen molar-refractivity contribution in [2.75, 3.05) is 0 Å². The van der Waals surface area contributed by atoms with Crippen LogP contribution in [0.5, 0.6) is 5.75 Å². The van der Waals surface area contributed by atoms with Gasteiger partial charge in [-0.15, -0.1) is 0 Å². The second-order valence-electron chi connectivity index (χ2n) is 9.58. The maximum atomic E-state index is 12.5. The summed E-state index contributed by atoms with van der Waals surface area (Å²) in [4.78, 5) is 12.5. The Morgan fingerprint density at radius 3 is 2.11 bits per heavy atom. The average Bonchev–Trinajstić information content (AvgIpc) is 2.59. The van der Waals surface area contributed by atoms with Gasteiger partial charge in [-0.3, -0.25) is 4.79 Å². The minimum atomic E-state index is 0.0285. The predicted octanol–water partition coefficient (Wildman–Crippen LogP) is 5.21. The van der Waals surface area contributed by atoms with Crippen LogP contribution in [-0.2, 0) is 4.79 Å². The third-order valence-corrected chi connectivity index (χ3v) is 7.04. The molecule has 1 aromatic rings. The van der Waals surface area contributed by atoms with Gasteiger partial charge in [0.05, 0.1) is 6.10 Å². The fraction of sp³-hybridized carbons (Fsp3) is 0.625. The molecule has 0 spiro atoms. The van der Waals surface area contributed by atoms with Crippen molar-refractivity contribution in [2.45, 2.75) is 71.4 Å². The number of ether oxygens (including phenoxy) is 1. The number of amides is 1. The number of rotatable bonds is 6. The molecule has 3 heteroatoms. The molecule has 0 saturated heterocycles. The van der Waals surface area contributed by atoms with Crippen LogP contribution in [0.4, 0.5) is 0 Å². The van der Waals surface area contributed by atoms with Gasteiger partial charge in [0.2, 0.25) is 5.91 Å². The molecule has 5 rings (SSSR count). The van der Waals surface area contributed by atoms with E-state index >= 15 is 0 Å². The van der Waals surface area contributed by atoms with Gasteiger partial charge in [0.15, 0.2) is 0 Å². The molecule has 146 valence electrons. The van der Waals surface area contributed by atoms with Crippen molar-refractivity contribution in [3.05, 3.63) is 35.9 Å². The van der Waals surface area contributed by atoms with E-state index in [2.05, 4.69) is 12.2 Å². The first kappa shape index (κ1) is 18.6. The summed E-state index contributed by atoms with van der Waals surface area (Å²) in [5.74, 6) is 3.64. The monoisotopic (exact) mass is 367 g/mol. The van der Waals surface area contributed by atoms with Crippen molar-refractivity contribution in [3.8, 4) is 5.75 Å². The molecule has 0 heterocycles. The zero-order valence-corrected chi connectivity index (χ0v) is 16.9. The fourth-order valence-corrected chi connectivity index (χ4v) is 6.22. The van der Waals surface area contributed by atoms with Gasteiger partial charge in [-0.05, 0) is 106 Å². The first-order valence-electron chi connectivity index (χ1n) is 10.7. The number of hydrogen-bond donors (Lipinski definition) is 1. The Morgan fingerprint density at radius 2 is 1.59 bits per heavy atom. The Hall–Kier alpha value is -1.77. The highest BCUT2D eigenvalue weighted by Gasteiger charge is 2.53. The molecule has 0 unspecified atom stereocenters. The molecule has 4 aliphatic rings. The highest BCUT2D eigenvalue weighted by atomic mass is 16.5. The molecule has 27 heavy (non-hydrogen) atoms. The predicted molar refractivity (Wildman–Crippen MR) is 109 cm³/mol. The van der Waals surface area contributed by atoms with Crippen LogP contribution >= 0.6 is 0 Å². The number of nitrogens with one attached hydrogen (secondary N) is 1. The lowest BCUT2D eigenvalue weighted by Crippen LogP contribution is -2.55. The summed E-state index contributed by atoms with van der Waals surface area (Å²) in [6.07, 6.45) is 12.0. The highest BCUT2D eigenvalue weighted by molar-refractivity contribution is 5.91. The van der Waals surface area contributed by atoms with Gasteiger partial charge in [0.25, 0.3) is 0 Å². The lowest BCUT2D eigenvalue weighted by Gasteiger charge is -2.59. The molecule has 4 bridgehead atoms. The van der Waals surface area contributed by atoms with Gasteiger partial charge < -0.3 is 10.1 Å². The Labute approximate surface area is 163 Å². The summed E-state index contributed by atoms with van der Waals surface area (Å²) < 4.78 is 5.66. The zero-order chi connectivity index (χ0) is 19.0. The van der Waals surface area contributed by atoms with E-state index in [1.807, 2.05) is 44.2 Å². The molecular formula is C24H33NO2. The second-order valence-corrected chi connectivity index (χ2v) is 9.58. The maximum absolute atomic E-state index is 12.5. The first-order chi connectivity index (χ1) is 12.9. The smallest absolute Gasteiger partial charge is 0.244 e. The van der Waals surface area contributed by atoms with E-state index in [-0.39, 0.29) is 18.1 Å². The standard InChI is InChI=1S/C24H33NO2/c1-16(2)27-22-7-4-18(5-8-22)6-9-23(26)25-17(3)24-13-19-10-20(14-24)12-21(11-19)15-24/h4-9,16-17,19-21H,10-15H2,1-3H3,(H,25,26)/b9-6+/t17-,19?,20?,21?,24?/m0/s1. The van der Waals surface area contributed by atoms with Crippen LogP contribution in [0.15, 0.2) is 30.3 Å². The van der Waals surface area contributed by atoms with Crippen molar-refractivity contribution in [3.63, 3.8) is 0 Å². The average molecular weight is 368 g/mol. The normalized spacial score (nSPS) is 32.8. The number of benzene rings is 1. The van der Waals surface area contributed by atoms with Crippen molar-refractivity contribution < 1.29 is 9.53 Å². The fourth-order valence-electron chi connectivity index (χ4n) is 6.22. The first-order valence-corrected chi connectivity index (χ1v) is 10.7. The van der Waals surface area contributed by atoms with E-state index in [1.54, 1.807) is 6.08 Å². The van der Waals surface area contributed by atoms with E-state index in [1.165, 1.54) is 38.5 Å². The van der Waals surface area contributed by atoms with Gasteiger partial charge in [-0.1, -0.05) is 12.1 Å². The number of carbonyl (C=O) groups excluding carboxylic acids is 1. The quantitative estimate of drug-likeness (QED) is 0.701. The van der Waals surface area contributed by atoms with Crippen LogP contribution in [0, 0.1) is 23.2 Å². The zero-order valence-electron chi connectivity index (χ0n) is 16.9. The van der Waals surface area contributed by atoms with Crippen LogP contribution in [0.25, 0.3) is 6.08 Å². The van der Waals surface area contributed by atoms with Crippen molar-refractivity contribution in [1.29, 1.82) is 0 Å². The van der Waals surface area contributed by atoms with Crippen LogP contribution in [0.1, 0.15) is 64.9 Å². The summed E-state index contributed by atoms with van der Waals surface area (Å²) in [5, 5.41) is 3.29. The second kappa shape index (κ2) is 7.33. The van der Waals surface area contributed by atoms with E-state index in [0.717, 1.165) is 29.1 Å². The Balaban J connectivity index is 1.34. The molecule has 1 atom stereocenters. The molecule has 0 radical (unpaired) electrons.